The predicted molar refractivity (Wildman–Crippen MR) is 213 cm³/mol. The van der Waals surface area contributed by atoms with Crippen LogP contribution < -0.4 is 15.9 Å². The van der Waals surface area contributed by atoms with E-state index in [1.807, 2.05) is 65.8 Å². The highest BCUT2D eigenvalue weighted by atomic mass is 19.1. The van der Waals surface area contributed by atoms with E-state index in [0.29, 0.717) is 17.2 Å². The molecule has 0 saturated carbocycles. The number of anilines is 1. The Labute approximate surface area is 292 Å². The molecule has 1 atom stereocenters. The molecule has 0 aliphatic heterocycles. The number of benzene rings is 1. The Bertz CT molecular complexity index is 1030. The van der Waals surface area contributed by atoms with Crippen LogP contribution in [0.25, 0.3) is 0 Å². The number of allylic oxidation sites excluding steroid dienone is 8. The van der Waals surface area contributed by atoms with Crippen molar-refractivity contribution in [3.05, 3.63) is 102 Å². The van der Waals surface area contributed by atoms with Gasteiger partial charge in [0.05, 0.1) is 5.69 Å². The van der Waals surface area contributed by atoms with Gasteiger partial charge in [0.15, 0.2) is 0 Å². The van der Waals surface area contributed by atoms with Gasteiger partial charge in [0.25, 0.3) is 0 Å². The van der Waals surface area contributed by atoms with E-state index < -0.39 is 0 Å². The summed E-state index contributed by atoms with van der Waals surface area (Å²) in [4.78, 5) is 0. The number of hydrogen-bond donors (Lipinski definition) is 2. The molecule has 2 rings (SSSR count). The van der Waals surface area contributed by atoms with E-state index in [0.717, 1.165) is 62.9 Å². The van der Waals surface area contributed by atoms with Crippen LogP contribution in [0.15, 0.2) is 96.0 Å². The molecule has 0 radical (unpaired) electrons. The molecule has 2 N–H and O–H groups in total. The molecule has 0 spiro atoms. The number of nitrogens with zero attached hydrogens (tertiary/aromatic N) is 2. The van der Waals surface area contributed by atoms with Crippen LogP contribution in [0.5, 0.6) is 0 Å². The van der Waals surface area contributed by atoms with Gasteiger partial charge < -0.3 is 5.32 Å². The lowest BCUT2D eigenvalue weighted by Crippen LogP contribution is -2.45. The molecule has 0 aromatic heterocycles. The Balaban J connectivity index is -0.00000173. The Morgan fingerprint density at radius 1 is 0.894 bits per heavy atom. The molecule has 0 bridgehead atoms. The molecule has 0 fully saturated rings. The lowest BCUT2D eigenvalue weighted by Gasteiger charge is -2.31. The number of halogens is 1. The fourth-order valence-corrected chi connectivity index (χ4v) is 4.23. The van der Waals surface area contributed by atoms with Gasteiger partial charge in [0, 0.05) is 31.4 Å². The number of rotatable bonds is 18. The molecule has 47 heavy (non-hydrogen) atoms. The Hall–Kier alpha value is -2.89. The van der Waals surface area contributed by atoms with Gasteiger partial charge in [-0.3, -0.25) is 10.0 Å². The second-order valence-electron chi connectivity index (χ2n) is 10.6. The molecule has 4 nitrogen and oxygen atoms in total. The van der Waals surface area contributed by atoms with Gasteiger partial charge >= 0.3 is 0 Å². The van der Waals surface area contributed by atoms with Crippen LogP contribution in [0.4, 0.5) is 10.1 Å². The summed E-state index contributed by atoms with van der Waals surface area (Å²) < 4.78 is 14.9. The maximum Gasteiger partial charge on any atom is 0.133 e. The van der Waals surface area contributed by atoms with E-state index in [1.54, 1.807) is 13.0 Å². The first kappa shape index (κ1) is 48.5. The van der Waals surface area contributed by atoms with E-state index >= 15 is 0 Å². The molecule has 270 valence electrons. The highest BCUT2D eigenvalue weighted by Crippen LogP contribution is 2.36. The summed E-state index contributed by atoms with van der Waals surface area (Å²) in [5, 5.41) is 7.73. The molecule has 5 heteroatoms. The van der Waals surface area contributed by atoms with Crippen molar-refractivity contribution in [3.63, 3.8) is 0 Å². The van der Waals surface area contributed by atoms with Gasteiger partial charge in [-0.05, 0) is 80.5 Å². The fourth-order valence-electron chi connectivity index (χ4n) is 4.23. The van der Waals surface area contributed by atoms with Gasteiger partial charge in [-0.25, -0.2) is 4.39 Å². The van der Waals surface area contributed by atoms with Gasteiger partial charge in [-0.2, -0.15) is 0 Å². The summed E-state index contributed by atoms with van der Waals surface area (Å²) in [6, 6.07) is 9.10. The van der Waals surface area contributed by atoms with Crippen molar-refractivity contribution in [2.75, 3.05) is 25.1 Å². The lowest BCUT2D eigenvalue weighted by molar-refractivity contribution is 0.277. The van der Waals surface area contributed by atoms with E-state index in [-0.39, 0.29) is 5.83 Å². The third-order valence-electron chi connectivity index (χ3n) is 7.07. The van der Waals surface area contributed by atoms with Gasteiger partial charge in [-0.15, -0.1) is 12.1 Å². The normalized spacial score (nSPS) is 13.6. The molecule has 1 aromatic carbocycles. The van der Waals surface area contributed by atoms with Crippen molar-refractivity contribution in [3.8, 4) is 0 Å². The standard InChI is InChI=1S/C32H47FN4.C4H10.3C2H6/c1-8-13-16-30(32(33)25(6)11-4)28-22-26(23-28)24-37(12-5)35-36(7)29-19-17-27(18-20-29)31(15-10-3)34-21-14-9-2;1-3-4-2;3*1-2/h9,11,16-20,22,24,31,34-35H,2,4,8,10,12-15,21,23H2,1,3,5-7H3;3-4H2,1-2H3;3*1-2H3/b26-24+,30-16-,32-25+;;;;. The van der Waals surface area contributed by atoms with Gasteiger partial charge in [-0.1, -0.05) is 138 Å². The Morgan fingerprint density at radius 3 is 1.91 bits per heavy atom. The molecule has 0 saturated heterocycles. The van der Waals surface area contributed by atoms with Crippen molar-refractivity contribution in [1.29, 1.82) is 0 Å². The maximum absolute atomic E-state index is 14.9. The van der Waals surface area contributed by atoms with E-state index in [1.165, 1.54) is 24.0 Å². The van der Waals surface area contributed by atoms with Crippen molar-refractivity contribution in [2.24, 2.45) is 0 Å². The largest absolute Gasteiger partial charge is 0.310 e. The van der Waals surface area contributed by atoms with Crippen LogP contribution in [0, 0.1) is 0 Å². The molecule has 1 aliphatic rings. The third kappa shape index (κ3) is 20.2. The molecule has 0 heterocycles. The number of nitrogens with one attached hydrogen (secondary N) is 2. The molecular weight excluding hydrogens is 579 g/mol. The highest BCUT2D eigenvalue weighted by Gasteiger charge is 2.21. The maximum atomic E-state index is 14.9. The summed E-state index contributed by atoms with van der Waals surface area (Å²) in [5.41, 5.74) is 9.36. The van der Waals surface area contributed by atoms with Gasteiger partial charge in [0.2, 0.25) is 0 Å². The first-order valence-corrected chi connectivity index (χ1v) is 18.6. The molecule has 1 aliphatic carbocycles. The number of hydrogen-bond acceptors (Lipinski definition) is 4. The first-order valence-electron chi connectivity index (χ1n) is 18.6. The first-order chi connectivity index (χ1) is 22.8. The van der Waals surface area contributed by atoms with Crippen LogP contribution in [-0.4, -0.2) is 25.1 Å². The minimum atomic E-state index is -0.167. The van der Waals surface area contributed by atoms with E-state index in [4.69, 9.17) is 0 Å². The average molecular weight is 655 g/mol. The van der Waals surface area contributed by atoms with E-state index in [2.05, 4.69) is 100 Å². The molecule has 0 amide bonds. The zero-order chi connectivity index (χ0) is 36.6. The van der Waals surface area contributed by atoms with Crippen molar-refractivity contribution >= 4 is 5.69 Å². The SMILES string of the molecule is C=CCCNC(CCC)c1ccc(N(C)NN(/C=C2C=C(C(=C/CCC)/C(F)=C(/C)C=C)C\2)CC)cc1.CC.CC.CC.CCCC. The highest BCUT2D eigenvalue weighted by molar-refractivity contribution is 5.56. The minimum Gasteiger partial charge on any atom is -0.310 e. The summed E-state index contributed by atoms with van der Waals surface area (Å²) >= 11 is 0. The van der Waals surface area contributed by atoms with Crippen molar-refractivity contribution in [1.82, 2.24) is 15.9 Å². The lowest BCUT2D eigenvalue weighted by atomic mass is 9.85. The molecular formula is C42H75FN4. The number of unbranched alkanes of at least 4 members (excludes halogenated alkanes) is 2. The quantitative estimate of drug-likeness (QED) is 0.0714. The summed E-state index contributed by atoms with van der Waals surface area (Å²) in [6.45, 7) is 33.8. The van der Waals surface area contributed by atoms with E-state index in [9.17, 15) is 4.39 Å². The summed E-state index contributed by atoms with van der Waals surface area (Å²) in [5.74, 6) is -0.167. The van der Waals surface area contributed by atoms with Crippen LogP contribution >= 0.6 is 0 Å². The third-order valence-corrected chi connectivity index (χ3v) is 7.07. The van der Waals surface area contributed by atoms with Crippen LogP contribution in [0.3, 0.4) is 0 Å². The van der Waals surface area contributed by atoms with Crippen molar-refractivity contribution < 1.29 is 4.39 Å². The number of hydrazine groups is 2. The summed E-state index contributed by atoms with van der Waals surface area (Å²) in [6.07, 6.45) is 18.2. The van der Waals surface area contributed by atoms with Crippen LogP contribution in [0.1, 0.15) is 146 Å². The molecule has 1 aromatic rings. The smallest absolute Gasteiger partial charge is 0.133 e. The monoisotopic (exact) mass is 655 g/mol. The predicted octanol–water partition coefficient (Wildman–Crippen LogP) is 13.1. The Morgan fingerprint density at radius 2 is 1.47 bits per heavy atom. The Kier molecular flexibility index (Phi) is 34.1. The second kappa shape index (κ2) is 33.0. The topological polar surface area (TPSA) is 30.5 Å². The fraction of sp³-hybridized carbons (Fsp3) is 0.571. The second-order valence-corrected chi connectivity index (χ2v) is 10.6. The van der Waals surface area contributed by atoms with Crippen LogP contribution in [0.2, 0.25) is 0 Å². The van der Waals surface area contributed by atoms with Gasteiger partial charge in [0.1, 0.15) is 5.83 Å². The zero-order valence-corrected chi connectivity index (χ0v) is 33.0. The zero-order valence-electron chi connectivity index (χ0n) is 33.0. The average Bonchev–Trinajstić information content (AvgIpc) is 3.11. The van der Waals surface area contributed by atoms with Crippen molar-refractivity contribution in [2.45, 2.75) is 140 Å². The minimum absolute atomic E-state index is 0.167. The van der Waals surface area contributed by atoms with Crippen LogP contribution in [-0.2, 0) is 0 Å². The molecule has 1 unspecified atom stereocenters. The summed E-state index contributed by atoms with van der Waals surface area (Å²) in [7, 11) is 2.02.